The number of morpholine rings is 1. The molecular weight excluding hydrogens is 310 g/mol. The second kappa shape index (κ2) is 8.05. The molecule has 2 aromatic rings. The molecule has 1 atom stereocenters. The van der Waals surface area contributed by atoms with Crippen molar-refractivity contribution in [2.45, 2.75) is 12.6 Å². The van der Waals surface area contributed by atoms with Crippen LogP contribution in [0.15, 0.2) is 40.9 Å². The van der Waals surface area contributed by atoms with E-state index in [0.29, 0.717) is 25.5 Å². The third-order valence-electron chi connectivity index (χ3n) is 3.92. The predicted octanol–water partition coefficient (Wildman–Crippen LogP) is 0.970. The van der Waals surface area contributed by atoms with Crippen LogP contribution >= 0.6 is 0 Å². The summed E-state index contributed by atoms with van der Waals surface area (Å²) in [5.74, 6) is 0.285. The summed E-state index contributed by atoms with van der Waals surface area (Å²) in [5.41, 5.74) is 0.976. The van der Waals surface area contributed by atoms with Crippen molar-refractivity contribution in [3.8, 4) is 0 Å². The summed E-state index contributed by atoms with van der Waals surface area (Å²) in [4.78, 5) is 14.3. The van der Waals surface area contributed by atoms with Gasteiger partial charge < -0.3 is 19.7 Å². The van der Waals surface area contributed by atoms with E-state index in [2.05, 4.69) is 15.4 Å². The molecule has 7 nitrogen and oxygen atoms in total. The van der Waals surface area contributed by atoms with Crippen LogP contribution in [0.1, 0.15) is 27.9 Å². The van der Waals surface area contributed by atoms with Gasteiger partial charge in [0.2, 0.25) is 0 Å². The summed E-state index contributed by atoms with van der Waals surface area (Å²) in [5, 5.41) is 16.5. The standard InChI is InChI=1S/C17H21N3O4/c21-16(13-4-2-1-3-5-13)11-18-17(22)15-10-14(24-19-15)12-20-6-8-23-9-7-20/h1-5,10,16,21H,6-9,11-12H2,(H,18,22)/t16-/m1/s1. The number of rotatable bonds is 6. The van der Waals surface area contributed by atoms with Crippen LogP contribution in [0.2, 0.25) is 0 Å². The van der Waals surface area contributed by atoms with Gasteiger partial charge in [-0.3, -0.25) is 9.69 Å². The van der Waals surface area contributed by atoms with Crippen molar-refractivity contribution in [1.29, 1.82) is 0 Å². The minimum absolute atomic E-state index is 0.120. The lowest BCUT2D eigenvalue weighted by molar-refractivity contribution is 0.0305. The third kappa shape index (κ3) is 4.41. The van der Waals surface area contributed by atoms with Crippen molar-refractivity contribution >= 4 is 5.91 Å². The molecule has 24 heavy (non-hydrogen) atoms. The average Bonchev–Trinajstić information content (AvgIpc) is 3.09. The van der Waals surface area contributed by atoms with Gasteiger partial charge in [0, 0.05) is 25.7 Å². The van der Waals surface area contributed by atoms with Gasteiger partial charge in [-0.25, -0.2) is 0 Å². The SMILES string of the molecule is O=C(NC[C@@H](O)c1ccccc1)c1cc(CN2CCOCC2)on1. The lowest BCUT2D eigenvalue weighted by Gasteiger charge is -2.25. The second-order valence-corrected chi connectivity index (χ2v) is 5.70. The molecule has 1 fully saturated rings. The molecule has 7 heteroatoms. The number of hydrogen-bond donors (Lipinski definition) is 2. The van der Waals surface area contributed by atoms with Crippen molar-refractivity contribution in [2.24, 2.45) is 0 Å². The summed E-state index contributed by atoms with van der Waals surface area (Å²) in [7, 11) is 0. The monoisotopic (exact) mass is 331 g/mol. The fourth-order valence-electron chi connectivity index (χ4n) is 2.55. The fraction of sp³-hybridized carbons (Fsp3) is 0.412. The largest absolute Gasteiger partial charge is 0.387 e. The molecule has 1 saturated heterocycles. The van der Waals surface area contributed by atoms with Crippen molar-refractivity contribution in [3.63, 3.8) is 0 Å². The molecular formula is C17H21N3O4. The van der Waals surface area contributed by atoms with E-state index in [1.54, 1.807) is 6.07 Å². The molecule has 0 spiro atoms. The molecule has 1 amide bonds. The quantitative estimate of drug-likeness (QED) is 0.820. The first-order chi connectivity index (χ1) is 11.7. The van der Waals surface area contributed by atoms with Crippen LogP contribution < -0.4 is 5.32 Å². The van der Waals surface area contributed by atoms with Crippen molar-refractivity contribution in [1.82, 2.24) is 15.4 Å². The molecule has 1 aromatic heterocycles. The maximum absolute atomic E-state index is 12.1. The minimum atomic E-state index is -0.755. The normalized spacial score (nSPS) is 16.7. The summed E-state index contributed by atoms with van der Waals surface area (Å²) in [6, 6.07) is 10.8. The van der Waals surface area contributed by atoms with E-state index in [1.807, 2.05) is 30.3 Å². The van der Waals surface area contributed by atoms with Gasteiger partial charge in [0.05, 0.1) is 25.9 Å². The number of aromatic nitrogens is 1. The summed E-state index contributed by atoms with van der Waals surface area (Å²) in [6.07, 6.45) is -0.755. The Morgan fingerprint density at radius 3 is 2.79 bits per heavy atom. The van der Waals surface area contributed by atoms with Gasteiger partial charge in [0.15, 0.2) is 11.5 Å². The molecule has 0 bridgehead atoms. The van der Waals surface area contributed by atoms with E-state index >= 15 is 0 Å². The van der Waals surface area contributed by atoms with Gasteiger partial charge in [-0.15, -0.1) is 0 Å². The number of nitrogens with one attached hydrogen (secondary N) is 1. The van der Waals surface area contributed by atoms with Gasteiger partial charge in [-0.1, -0.05) is 35.5 Å². The first-order valence-electron chi connectivity index (χ1n) is 7.99. The van der Waals surface area contributed by atoms with Crippen LogP contribution in [-0.4, -0.2) is 53.9 Å². The Bertz CT molecular complexity index is 653. The topological polar surface area (TPSA) is 87.8 Å². The van der Waals surface area contributed by atoms with Crippen LogP contribution in [0, 0.1) is 0 Å². The molecule has 0 aliphatic carbocycles. The molecule has 2 heterocycles. The van der Waals surface area contributed by atoms with Crippen LogP contribution in [0.25, 0.3) is 0 Å². The number of carbonyl (C=O) groups is 1. The Morgan fingerprint density at radius 1 is 1.29 bits per heavy atom. The van der Waals surface area contributed by atoms with Crippen molar-refractivity contribution in [3.05, 3.63) is 53.4 Å². The Kier molecular flexibility index (Phi) is 5.58. The zero-order chi connectivity index (χ0) is 16.8. The van der Waals surface area contributed by atoms with E-state index in [9.17, 15) is 9.90 Å². The van der Waals surface area contributed by atoms with E-state index in [1.165, 1.54) is 0 Å². The number of nitrogens with zero attached hydrogens (tertiary/aromatic N) is 2. The average molecular weight is 331 g/mol. The third-order valence-corrected chi connectivity index (χ3v) is 3.92. The van der Waals surface area contributed by atoms with E-state index in [0.717, 1.165) is 18.7 Å². The molecule has 2 N–H and O–H groups in total. The number of aliphatic hydroxyl groups is 1. The van der Waals surface area contributed by atoms with Gasteiger partial charge in [0.25, 0.3) is 5.91 Å². The van der Waals surface area contributed by atoms with Gasteiger partial charge in [-0.05, 0) is 5.56 Å². The molecule has 0 radical (unpaired) electrons. The first-order valence-corrected chi connectivity index (χ1v) is 7.99. The highest BCUT2D eigenvalue weighted by Gasteiger charge is 2.17. The summed E-state index contributed by atoms with van der Waals surface area (Å²) >= 11 is 0. The predicted molar refractivity (Wildman–Crippen MR) is 86.3 cm³/mol. The van der Waals surface area contributed by atoms with Gasteiger partial charge >= 0.3 is 0 Å². The molecule has 128 valence electrons. The number of amides is 1. The first kappa shape index (κ1) is 16.6. The van der Waals surface area contributed by atoms with Crippen molar-refractivity contribution in [2.75, 3.05) is 32.8 Å². The number of aliphatic hydroxyl groups excluding tert-OH is 1. The Labute approximate surface area is 140 Å². The number of carbonyl (C=O) groups excluding carboxylic acids is 1. The van der Waals surface area contributed by atoms with E-state index < -0.39 is 6.10 Å². The van der Waals surface area contributed by atoms with Crippen LogP contribution in [0.4, 0.5) is 0 Å². The number of hydrogen-bond acceptors (Lipinski definition) is 6. The Balaban J connectivity index is 1.50. The van der Waals surface area contributed by atoms with Crippen LogP contribution in [0.5, 0.6) is 0 Å². The maximum Gasteiger partial charge on any atom is 0.273 e. The summed E-state index contributed by atoms with van der Waals surface area (Å²) < 4.78 is 10.5. The number of ether oxygens (including phenoxy) is 1. The minimum Gasteiger partial charge on any atom is -0.387 e. The Morgan fingerprint density at radius 2 is 2.04 bits per heavy atom. The molecule has 1 aliphatic heterocycles. The van der Waals surface area contributed by atoms with Crippen LogP contribution in [0.3, 0.4) is 0 Å². The maximum atomic E-state index is 12.1. The van der Waals surface area contributed by atoms with Gasteiger partial charge in [-0.2, -0.15) is 0 Å². The molecule has 1 aromatic carbocycles. The lowest BCUT2D eigenvalue weighted by Crippen LogP contribution is -2.35. The van der Waals surface area contributed by atoms with E-state index in [4.69, 9.17) is 9.26 Å². The highest BCUT2D eigenvalue weighted by Crippen LogP contribution is 2.12. The second-order valence-electron chi connectivity index (χ2n) is 5.70. The Hall–Kier alpha value is -2.22. The lowest BCUT2D eigenvalue weighted by atomic mass is 10.1. The smallest absolute Gasteiger partial charge is 0.273 e. The van der Waals surface area contributed by atoms with E-state index in [-0.39, 0.29) is 18.1 Å². The molecule has 0 unspecified atom stereocenters. The molecule has 3 rings (SSSR count). The summed E-state index contributed by atoms with van der Waals surface area (Å²) in [6.45, 7) is 3.82. The van der Waals surface area contributed by atoms with Crippen LogP contribution in [-0.2, 0) is 11.3 Å². The highest BCUT2D eigenvalue weighted by atomic mass is 16.5. The highest BCUT2D eigenvalue weighted by molar-refractivity contribution is 5.92. The molecule has 1 aliphatic rings. The zero-order valence-corrected chi connectivity index (χ0v) is 13.4. The van der Waals surface area contributed by atoms with Gasteiger partial charge in [0.1, 0.15) is 0 Å². The molecule has 0 saturated carbocycles. The van der Waals surface area contributed by atoms with Crippen molar-refractivity contribution < 1.29 is 19.2 Å². The number of benzene rings is 1. The fourth-order valence-corrected chi connectivity index (χ4v) is 2.55. The zero-order valence-electron chi connectivity index (χ0n) is 13.4.